The molecule has 158 valence electrons. The van der Waals surface area contributed by atoms with Crippen LogP contribution in [0.2, 0.25) is 0 Å². The molecule has 0 aliphatic carbocycles. The van der Waals surface area contributed by atoms with E-state index in [2.05, 4.69) is 30.0 Å². The number of hydrogen-bond acceptors (Lipinski definition) is 8. The summed E-state index contributed by atoms with van der Waals surface area (Å²) in [6.07, 6.45) is 7.14. The van der Waals surface area contributed by atoms with Gasteiger partial charge in [-0.25, -0.2) is 28.1 Å². The first-order chi connectivity index (χ1) is 14.9. The van der Waals surface area contributed by atoms with Gasteiger partial charge in [-0.2, -0.15) is 0 Å². The van der Waals surface area contributed by atoms with E-state index in [4.69, 9.17) is 0 Å². The van der Waals surface area contributed by atoms with Gasteiger partial charge in [0.25, 0.3) is 15.9 Å². The lowest BCUT2D eigenvalue weighted by atomic mass is 9.98. The Kier molecular flexibility index (Phi) is 5.54. The van der Waals surface area contributed by atoms with Crippen LogP contribution < -0.4 is 10.0 Å². The van der Waals surface area contributed by atoms with E-state index in [-0.39, 0.29) is 47.4 Å². The Morgan fingerprint density at radius 2 is 1.68 bits per heavy atom. The second-order valence-electron chi connectivity index (χ2n) is 6.69. The minimum absolute atomic E-state index is 0.00217. The fourth-order valence-corrected chi connectivity index (χ4v) is 3.83. The lowest BCUT2D eigenvalue weighted by molar-refractivity contribution is -0.123. The second-order valence-corrected chi connectivity index (χ2v) is 8.37. The predicted octanol–water partition coefficient (Wildman–Crippen LogP) is 0.778. The van der Waals surface area contributed by atoms with E-state index in [9.17, 15) is 18.0 Å². The quantitative estimate of drug-likeness (QED) is 0.573. The van der Waals surface area contributed by atoms with Crippen molar-refractivity contribution in [3.05, 3.63) is 67.0 Å². The van der Waals surface area contributed by atoms with Crippen LogP contribution in [0.25, 0.3) is 0 Å². The SMILES string of the molecule is O=C(Nc1ccc(S(=O)(=O)Nc2ncccn2)cc1)C1CN(C(=O)c2cnccn2)C1. The fourth-order valence-electron chi connectivity index (χ4n) is 2.87. The maximum atomic E-state index is 12.4. The molecule has 2 N–H and O–H groups in total. The number of nitrogens with zero attached hydrogens (tertiary/aromatic N) is 5. The molecule has 0 radical (unpaired) electrons. The van der Waals surface area contributed by atoms with E-state index in [1.165, 1.54) is 60.1 Å². The minimum Gasteiger partial charge on any atom is -0.336 e. The second kappa shape index (κ2) is 8.44. The molecule has 12 heteroatoms. The van der Waals surface area contributed by atoms with E-state index < -0.39 is 10.0 Å². The van der Waals surface area contributed by atoms with Crippen molar-refractivity contribution in [2.45, 2.75) is 4.90 Å². The molecule has 4 rings (SSSR count). The highest BCUT2D eigenvalue weighted by Gasteiger charge is 2.36. The van der Waals surface area contributed by atoms with Crippen LogP contribution in [0.4, 0.5) is 11.6 Å². The molecule has 11 nitrogen and oxygen atoms in total. The number of likely N-dealkylation sites (tertiary alicyclic amines) is 1. The number of benzene rings is 1. The molecule has 0 spiro atoms. The molecular weight excluding hydrogens is 422 g/mol. The fraction of sp³-hybridized carbons (Fsp3) is 0.158. The van der Waals surface area contributed by atoms with Gasteiger partial charge in [-0.3, -0.25) is 14.6 Å². The number of aromatic nitrogens is 4. The molecule has 3 aromatic rings. The van der Waals surface area contributed by atoms with Gasteiger partial charge in [-0.1, -0.05) is 0 Å². The third-order valence-electron chi connectivity index (χ3n) is 4.55. The van der Waals surface area contributed by atoms with Crippen molar-refractivity contribution in [3.63, 3.8) is 0 Å². The van der Waals surface area contributed by atoms with E-state index in [1.807, 2.05) is 0 Å². The average molecular weight is 439 g/mol. The van der Waals surface area contributed by atoms with Crippen molar-refractivity contribution in [1.82, 2.24) is 24.8 Å². The summed E-state index contributed by atoms with van der Waals surface area (Å²) in [4.78, 5) is 41.6. The summed E-state index contributed by atoms with van der Waals surface area (Å²) in [5.41, 5.74) is 0.672. The highest BCUT2D eigenvalue weighted by Crippen LogP contribution is 2.21. The first-order valence-corrected chi connectivity index (χ1v) is 10.7. The molecule has 0 unspecified atom stereocenters. The van der Waals surface area contributed by atoms with Crippen LogP contribution in [-0.2, 0) is 14.8 Å². The number of nitrogens with one attached hydrogen (secondary N) is 2. The summed E-state index contributed by atoms with van der Waals surface area (Å²) in [6.45, 7) is 0.545. The van der Waals surface area contributed by atoms with Gasteiger partial charge in [0, 0.05) is 43.6 Å². The number of carbonyl (C=O) groups excluding carboxylic acids is 2. The average Bonchev–Trinajstić information content (AvgIpc) is 2.74. The highest BCUT2D eigenvalue weighted by molar-refractivity contribution is 7.92. The van der Waals surface area contributed by atoms with Crippen LogP contribution >= 0.6 is 0 Å². The molecule has 31 heavy (non-hydrogen) atoms. The first-order valence-electron chi connectivity index (χ1n) is 9.18. The van der Waals surface area contributed by atoms with Crippen LogP contribution in [0.5, 0.6) is 0 Å². The molecule has 1 aromatic carbocycles. The molecule has 1 saturated heterocycles. The molecule has 0 saturated carbocycles. The molecule has 2 amide bonds. The van der Waals surface area contributed by atoms with Crippen molar-refractivity contribution in [1.29, 1.82) is 0 Å². The summed E-state index contributed by atoms with van der Waals surface area (Å²) in [7, 11) is -3.85. The van der Waals surface area contributed by atoms with Crippen molar-refractivity contribution >= 4 is 33.5 Å². The Labute approximate surface area is 177 Å². The zero-order valence-corrected chi connectivity index (χ0v) is 16.9. The van der Waals surface area contributed by atoms with Gasteiger partial charge in [0.05, 0.1) is 17.0 Å². The summed E-state index contributed by atoms with van der Waals surface area (Å²) in [5, 5.41) is 2.73. The topological polar surface area (TPSA) is 147 Å². The van der Waals surface area contributed by atoms with Gasteiger partial charge >= 0.3 is 0 Å². The van der Waals surface area contributed by atoms with Crippen molar-refractivity contribution in [3.8, 4) is 0 Å². The Bertz CT molecular complexity index is 1180. The maximum absolute atomic E-state index is 12.4. The number of anilines is 2. The molecule has 2 aromatic heterocycles. The minimum atomic E-state index is -3.85. The Morgan fingerprint density at radius 1 is 0.968 bits per heavy atom. The Morgan fingerprint density at radius 3 is 2.32 bits per heavy atom. The highest BCUT2D eigenvalue weighted by atomic mass is 32.2. The Hall–Kier alpha value is -3.93. The van der Waals surface area contributed by atoms with Crippen molar-refractivity contribution in [2.75, 3.05) is 23.1 Å². The van der Waals surface area contributed by atoms with E-state index in [0.717, 1.165) is 0 Å². The molecule has 1 fully saturated rings. The third kappa shape index (κ3) is 4.64. The number of sulfonamides is 1. The number of carbonyl (C=O) groups is 2. The summed E-state index contributed by atoms with van der Waals surface area (Å²) >= 11 is 0. The van der Waals surface area contributed by atoms with Gasteiger partial charge in [0.1, 0.15) is 5.69 Å². The van der Waals surface area contributed by atoms with Crippen molar-refractivity contribution < 1.29 is 18.0 Å². The molecule has 0 atom stereocenters. The van der Waals surface area contributed by atoms with Crippen LogP contribution in [0.1, 0.15) is 10.5 Å². The molecule has 1 aliphatic rings. The molecule has 1 aliphatic heterocycles. The smallest absolute Gasteiger partial charge is 0.274 e. The largest absolute Gasteiger partial charge is 0.336 e. The van der Waals surface area contributed by atoms with E-state index in [0.29, 0.717) is 5.69 Å². The van der Waals surface area contributed by atoms with E-state index >= 15 is 0 Å². The van der Waals surface area contributed by atoms with Gasteiger partial charge in [-0.15, -0.1) is 0 Å². The summed E-state index contributed by atoms with van der Waals surface area (Å²) in [5.74, 6) is -0.928. The first kappa shape index (κ1) is 20.3. The predicted molar refractivity (Wildman–Crippen MR) is 109 cm³/mol. The zero-order valence-electron chi connectivity index (χ0n) is 16.0. The monoisotopic (exact) mass is 439 g/mol. The van der Waals surface area contributed by atoms with Gasteiger partial charge in [0.15, 0.2) is 0 Å². The molecule has 3 heterocycles. The van der Waals surface area contributed by atoms with Gasteiger partial charge in [0.2, 0.25) is 11.9 Å². The van der Waals surface area contributed by atoms with Crippen molar-refractivity contribution in [2.24, 2.45) is 5.92 Å². The zero-order chi connectivity index (χ0) is 21.8. The third-order valence-corrected chi connectivity index (χ3v) is 5.89. The van der Waals surface area contributed by atoms with Crippen LogP contribution in [0.3, 0.4) is 0 Å². The summed E-state index contributed by atoms with van der Waals surface area (Å²) in [6, 6.07) is 7.28. The molecular formula is C19H17N7O4S. The number of amides is 2. The lowest BCUT2D eigenvalue weighted by Crippen LogP contribution is -2.54. The summed E-state index contributed by atoms with van der Waals surface area (Å²) < 4.78 is 27.1. The standard InChI is InChI=1S/C19H17N7O4S/c27-17(13-11-26(12-13)18(28)16-10-20-8-9-21-16)24-14-2-4-15(5-3-14)31(29,30)25-19-22-6-1-7-23-19/h1-10,13H,11-12H2,(H,24,27)(H,22,23,25). The van der Waals surface area contributed by atoms with Gasteiger partial charge in [-0.05, 0) is 30.3 Å². The normalized spacial score (nSPS) is 13.9. The lowest BCUT2D eigenvalue weighted by Gasteiger charge is -2.37. The molecule has 0 bridgehead atoms. The van der Waals surface area contributed by atoms with Gasteiger partial charge < -0.3 is 10.2 Å². The maximum Gasteiger partial charge on any atom is 0.274 e. The number of hydrogen-bond donors (Lipinski definition) is 2. The van der Waals surface area contributed by atoms with Crippen LogP contribution in [0, 0.1) is 5.92 Å². The van der Waals surface area contributed by atoms with E-state index in [1.54, 1.807) is 6.07 Å². The van der Waals surface area contributed by atoms with Crippen LogP contribution in [-0.4, -0.2) is 58.2 Å². The van der Waals surface area contributed by atoms with Crippen LogP contribution in [0.15, 0.2) is 66.2 Å². The number of rotatable bonds is 6. The Balaban J connectivity index is 1.32.